The third kappa shape index (κ3) is 5.14. The van der Waals surface area contributed by atoms with Gasteiger partial charge < -0.3 is 20.1 Å². The molecule has 0 aliphatic carbocycles. The van der Waals surface area contributed by atoms with Crippen molar-refractivity contribution in [2.75, 3.05) is 26.1 Å². The van der Waals surface area contributed by atoms with Gasteiger partial charge in [-0.15, -0.1) is 0 Å². The number of nitrogens with one attached hydrogen (secondary N) is 2. The monoisotopic (exact) mass is 334 g/mol. The van der Waals surface area contributed by atoms with Gasteiger partial charge in [-0.3, -0.25) is 4.68 Å². The second-order valence-corrected chi connectivity index (χ2v) is 5.49. The number of aryl methyl sites for hydroxylation is 2. The van der Waals surface area contributed by atoms with Gasteiger partial charge in [0.25, 0.3) is 0 Å². The zero-order valence-electron chi connectivity index (χ0n) is 13.6. The maximum atomic E-state index is 5.33. The number of methoxy groups -OCH3 is 2. The van der Waals surface area contributed by atoms with Crippen molar-refractivity contribution in [1.82, 2.24) is 15.1 Å². The van der Waals surface area contributed by atoms with Gasteiger partial charge in [0, 0.05) is 25.4 Å². The van der Waals surface area contributed by atoms with Crippen molar-refractivity contribution in [1.29, 1.82) is 0 Å². The van der Waals surface area contributed by atoms with Gasteiger partial charge in [-0.1, -0.05) is 0 Å². The van der Waals surface area contributed by atoms with Crippen molar-refractivity contribution in [3.63, 3.8) is 0 Å². The summed E-state index contributed by atoms with van der Waals surface area (Å²) in [6.07, 6.45) is 4.82. The lowest BCUT2D eigenvalue weighted by molar-refractivity contribution is 0.395. The summed E-state index contributed by atoms with van der Waals surface area (Å²) in [5.41, 5.74) is 1.97. The molecule has 23 heavy (non-hydrogen) atoms. The number of ether oxygens (including phenoxy) is 2. The third-order valence-electron chi connectivity index (χ3n) is 3.27. The van der Waals surface area contributed by atoms with Gasteiger partial charge in [-0.2, -0.15) is 5.10 Å². The molecule has 6 nitrogen and oxygen atoms in total. The molecule has 124 valence electrons. The van der Waals surface area contributed by atoms with E-state index in [0.717, 1.165) is 30.9 Å². The van der Waals surface area contributed by atoms with Crippen molar-refractivity contribution in [3.05, 3.63) is 36.2 Å². The number of rotatable bonds is 7. The molecule has 0 bridgehead atoms. The van der Waals surface area contributed by atoms with Crippen molar-refractivity contribution in [2.24, 2.45) is 0 Å². The minimum atomic E-state index is 0.560. The predicted molar refractivity (Wildman–Crippen MR) is 95.4 cm³/mol. The highest BCUT2D eigenvalue weighted by Gasteiger charge is 2.06. The fourth-order valence-corrected chi connectivity index (χ4v) is 2.31. The van der Waals surface area contributed by atoms with Crippen molar-refractivity contribution < 1.29 is 9.47 Å². The van der Waals surface area contributed by atoms with Crippen molar-refractivity contribution >= 4 is 23.0 Å². The van der Waals surface area contributed by atoms with E-state index in [4.69, 9.17) is 21.7 Å². The SMILES string of the molecule is COc1ccc(NC(=S)NCCCn2cc(C)cn2)c(OC)c1. The van der Waals surface area contributed by atoms with Gasteiger partial charge in [0.2, 0.25) is 0 Å². The average molecular weight is 334 g/mol. The predicted octanol–water partition coefficient (Wildman–Crippen LogP) is 2.59. The lowest BCUT2D eigenvalue weighted by Crippen LogP contribution is -2.30. The van der Waals surface area contributed by atoms with E-state index in [-0.39, 0.29) is 0 Å². The van der Waals surface area contributed by atoms with Crippen LogP contribution in [0, 0.1) is 6.92 Å². The first-order valence-electron chi connectivity index (χ1n) is 7.38. The molecule has 0 aliphatic heterocycles. The third-order valence-corrected chi connectivity index (χ3v) is 3.52. The van der Waals surface area contributed by atoms with E-state index in [1.165, 1.54) is 5.56 Å². The van der Waals surface area contributed by atoms with E-state index in [9.17, 15) is 0 Å². The summed E-state index contributed by atoms with van der Waals surface area (Å²) in [4.78, 5) is 0. The molecule has 2 rings (SSSR count). The Bertz CT molecular complexity index is 657. The van der Waals surface area contributed by atoms with Gasteiger partial charge in [0.15, 0.2) is 5.11 Å². The number of nitrogens with zero attached hydrogens (tertiary/aromatic N) is 2. The largest absolute Gasteiger partial charge is 0.497 e. The summed E-state index contributed by atoms with van der Waals surface area (Å²) in [7, 11) is 3.23. The van der Waals surface area contributed by atoms with Crippen LogP contribution in [0.3, 0.4) is 0 Å². The maximum absolute atomic E-state index is 5.33. The molecular formula is C16H22N4O2S. The lowest BCUT2D eigenvalue weighted by Gasteiger charge is -2.14. The number of hydrogen-bond acceptors (Lipinski definition) is 4. The first-order chi connectivity index (χ1) is 11.1. The molecule has 7 heteroatoms. The molecule has 0 spiro atoms. The average Bonchev–Trinajstić information content (AvgIpc) is 2.97. The van der Waals surface area contributed by atoms with Crippen LogP contribution in [0.2, 0.25) is 0 Å². The first-order valence-corrected chi connectivity index (χ1v) is 7.79. The van der Waals surface area contributed by atoms with Gasteiger partial charge in [0.1, 0.15) is 11.5 Å². The smallest absolute Gasteiger partial charge is 0.170 e. The molecule has 1 aromatic heterocycles. The lowest BCUT2D eigenvalue weighted by atomic mass is 10.2. The minimum absolute atomic E-state index is 0.560. The topological polar surface area (TPSA) is 60.3 Å². The summed E-state index contributed by atoms with van der Waals surface area (Å²) < 4.78 is 12.4. The second-order valence-electron chi connectivity index (χ2n) is 5.08. The minimum Gasteiger partial charge on any atom is -0.497 e. The van der Waals surface area contributed by atoms with Crippen LogP contribution in [0.1, 0.15) is 12.0 Å². The van der Waals surface area contributed by atoms with Crippen LogP contribution >= 0.6 is 12.2 Å². The Labute approximate surface area is 141 Å². The van der Waals surface area contributed by atoms with E-state index in [1.54, 1.807) is 14.2 Å². The van der Waals surface area contributed by atoms with E-state index in [1.807, 2.05) is 42.2 Å². The molecule has 0 fully saturated rings. The molecule has 1 heterocycles. The molecule has 2 N–H and O–H groups in total. The highest BCUT2D eigenvalue weighted by Crippen LogP contribution is 2.28. The summed E-state index contributed by atoms with van der Waals surface area (Å²) >= 11 is 5.31. The molecular weight excluding hydrogens is 312 g/mol. The highest BCUT2D eigenvalue weighted by atomic mass is 32.1. The molecule has 0 unspecified atom stereocenters. The molecule has 2 aromatic rings. The van der Waals surface area contributed by atoms with E-state index in [2.05, 4.69) is 15.7 Å². The van der Waals surface area contributed by atoms with Gasteiger partial charge >= 0.3 is 0 Å². The zero-order valence-corrected chi connectivity index (χ0v) is 14.4. The summed E-state index contributed by atoms with van der Waals surface area (Å²) in [5, 5.41) is 11.1. The Morgan fingerprint density at radius 2 is 2.13 bits per heavy atom. The number of benzene rings is 1. The van der Waals surface area contributed by atoms with E-state index < -0.39 is 0 Å². The highest BCUT2D eigenvalue weighted by molar-refractivity contribution is 7.80. The van der Waals surface area contributed by atoms with Crippen molar-refractivity contribution in [2.45, 2.75) is 19.9 Å². The number of aromatic nitrogens is 2. The summed E-state index contributed by atoms with van der Waals surface area (Å²) in [6.45, 7) is 3.65. The van der Waals surface area contributed by atoms with Crippen LogP contribution in [0.25, 0.3) is 0 Å². The molecule has 0 radical (unpaired) electrons. The standard InChI is InChI=1S/C16H22N4O2S/c1-12-10-18-20(11-12)8-4-7-17-16(23)19-14-6-5-13(21-2)9-15(14)22-3/h5-6,9-11H,4,7-8H2,1-3H3,(H2,17,19,23). The van der Waals surface area contributed by atoms with Crippen LogP contribution in [-0.2, 0) is 6.54 Å². The molecule has 0 aliphatic rings. The van der Waals surface area contributed by atoms with Crippen LogP contribution in [0.15, 0.2) is 30.6 Å². The fraction of sp³-hybridized carbons (Fsp3) is 0.375. The quantitative estimate of drug-likeness (QED) is 0.599. The Balaban J connectivity index is 1.78. The molecule has 0 saturated heterocycles. The normalized spacial score (nSPS) is 10.2. The van der Waals surface area contributed by atoms with Gasteiger partial charge in [-0.25, -0.2) is 0 Å². The van der Waals surface area contributed by atoms with Crippen LogP contribution in [0.5, 0.6) is 11.5 Å². The Morgan fingerprint density at radius 1 is 1.30 bits per heavy atom. The molecule has 0 saturated carbocycles. The van der Waals surface area contributed by atoms with Crippen LogP contribution in [-0.4, -0.2) is 35.7 Å². The van der Waals surface area contributed by atoms with E-state index in [0.29, 0.717) is 10.9 Å². The van der Waals surface area contributed by atoms with Crippen LogP contribution < -0.4 is 20.1 Å². The Hall–Kier alpha value is -2.28. The van der Waals surface area contributed by atoms with E-state index >= 15 is 0 Å². The zero-order chi connectivity index (χ0) is 16.7. The molecule has 0 amide bonds. The summed E-state index contributed by atoms with van der Waals surface area (Å²) in [5.74, 6) is 1.42. The van der Waals surface area contributed by atoms with Crippen LogP contribution in [0.4, 0.5) is 5.69 Å². The Kier molecular flexibility index (Phi) is 6.22. The number of anilines is 1. The first kappa shape index (κ1) is 17.1. The fourth-order valence-electron chi connectivity index (χ4n) is 2.10. The van der Waals surface area contributed by atoms with Crippen molar-refractivity contribution in [3.8, 4) is 11.5 Å². The Morgan fingerprint density at radius 3 is 2.78 bits per heavy atom. The number of hydrogen-bond donors (Lipinski definition) is 2. The van der Waals surface area contributed by atoms with Gasteiger partial charge in [-0.05, 0) is 43.3 Å². The van der Waals surface area contributed by atoms with Gasteiger partial charge in [0.05, 0.1) is 26.1 Å². The summed E-state index contributed by atoms with van der Waals surface area (Å²) in [6, 6.07) is 5.54. The second kappa shape index (κ2) is 8.38. The maximum Gasteiger partial charge on any atom is 0.170 e. The molecule has 1 aromatic carbocycles. The number of thiocarbonyl (C=S) groups is 1. The molecule has 0 atom stereocenters.